The van der Waals surface area contributed by atoms with Gasteiger partial charge >= 0.3 is 12.1 Å². The first kappa shape index (κ1) is 20.4. The zero-order chi connectivity index (χ0) is 22.1. The summed E-state index contributed by atoms with van der Waals surface area (Å²) in [7, 11) is 0. The van der Waals surface area contributed by atoms with E-state index in [1.54, 1.807) is 29.4 Å². The maximum absolute atomic E-state index is 11.8. The summed E-state index contributed by atoms with van der Waals surface area (Å²) in [5.74, 6) is -0.327. The lowest BCUT2D eigenvalue weighted by Crippen LogP contribution is -2.49. The maximum atomic E-state index is 11.8. The topological polar surface area (TPSA) is 93.4 Å². The van der Waals surface area contributed by atoms with Gasteiger partial charge in [0, 0.05) is 18.3 Å². The molecule has 7 heteroatoms. The Bertz CT molecular complexity index is 1130. The number of carboxylic acids is 1. The number of carboxylic acid groups (broad SMARTS) is 2. The molecule has 2 aliphatic rings. The molecule has 158 valence electrons. The van der Waals surface area contributed by atoms with Crippen molar-refractivity contribution in [1.82, 2.24) is 10.0 Å². The fourth-order valence-electron chi connectivity index (χ4n) is 4.06. The molecule has 7 nitrogen and oxygen atoms in total. The van der Waals surface area contributed by atoms with Crippen molar-refractivity contribution in [2.24, 2.45) is 4.99 Å². The number of fused-ring (bicyclic) bond motifs is 1. The fraction of sp³-hybridized carbons (Fsp3) is 0.208. The van der Waals surface area contributed by atoms with E-state index in [1.165, 1.54) is 5.01 Å². The van der Waals surface area contributed by atoms with Gasteiger partial charge in [0.25, 0.3) is 0 Å². The van der Waals surface area contributed by atoms with Crippen LogP contribution in [0, 0.1) is 0 Å². The third-order valence-corrected chi connectivity index (χ3v) is 5.50. The van der Waals surface area contributed by atoms with Crippen LogP contribution in [0.2, 0.25) is 0 Å². The first-order valence-corrected chi connectivity index (χ1v) is 10.1. The number of hydrogen-bond acceptors (Lipinski definition) is 4. The highest BCUT2D eigenvalue weighted by atomic mass is 16.4. The largest absolute Gasteiger partial charge is 0.478 e. The average Bonchev–Trinajstić information content (AvgIpc) is 3.10. The molecule has 0 aromatic heterocycles. The van der Waals surface area contributed by atoms with Gasteiger partial charge in [-0.2, -0.15) is 5.01 Å². The summed E-state index contributed by atoms with van der Waals surface area (Å²) in [6.07, 6.45) is 3.74. The Hall–Kier alpha value is -3.87. The normalized spacial score (nSPS) is 17.6. The Morgan fingerprint density at radius 3 is 2.42 bits per heavy atom. The molecule has 0 spiro atoms. The molecule has 0 fully saturated rings. The van der Waals surface area contributed by atoms with Crippen molar-refractivity contribution >= 4 is 17.8 Å². The summed E-state index contributed by atoms with van der Waals surface area (Å²) < 4.78 is 0. The predicted octanol–water partition coefficient (Wildman–Crippen LogP) is 4.78. The first-order chi connectivity index (χ1) is 14.9. The molecule has 4 rings (SSSR count). The van der Waals surface area contributed by atoms with Crippen molar-refractivity contribution in [2.75, 3.05) is 0 Å². The van der Waals surface area contributed by atoms with Crippen LogP contribution in [0.5, 0.6) is 0 Å². The molecule has 0 aliphatic carbocycles. The highest BCUT2D eigenvalue weighted by molar-refractivity contribution is 5.96. The monoisotopic (exact) mass is 417 g/mol. The van der Waals surface area contributed by atoms with Crippen molar-refractivity contribution < 1.29 is 19.8 Å². The number of aliphatic imine (C=N–C) groups is 1. The van der Waals surface area contributed by atoms with E-state index < -0.39 is 12.1 Å². The second kappa shape index (κ2) is 8.10. The van der Waals surface area contributed by atoms with Gasteiger partial charge in [-0.05, 0) is 47.8 Å². The minimum Gasteiger partial charge on any atom is -0.478 e. The number of amides is 1. The van der Waals surface area contributed by atoms with Crippen molar-refractivity contribution in [3.8, 4) is 11.1 Å². The van der Waals surface area contributed by atoms with Gasteiger partial charge in [0.05, 0.1) is 11.6 Å². The Morgan fingerprint density at radius 2 is 1.77 bits per heavy atom. The van der Waals surface area contributed by atoms with Gasteiger partial charge in [-0.25, -0.2) is 19.6 Å². The van der Waals surface area contributed by atoms with Crippen LogP contribution in [-0.2, 0) is 6.42 Å². The van der Waals surface area contributed by atoms with Gasteiger partial charge < -0.3 is 10.2 Å². The summed E-state index contributed by atoms with van der Waals surface area (Å²) in [4.78, 5) is 28.0. The molecule has 2 N–H and O–H groups in total. The van der Waals surface area contributed by atoms with Gasteiger partial charge in [0.1, 0.15) is 5.82 Å². The lowest BCUT2D eigenvalue weighted by Gasteiger charge is -2.36. The lowest BCUT2D eigenvalue weighted by molar-refractivity contribution is 0.0440. The molecule has 2 heterocycles. The van der Waals surface area contributed by atoms with Gasteiger partial charge in [-0.1, -0.05) is 49.4 Å². The van der Waals surface area contributed by atoms with Gasteiger partial charge in [0.2, 0.25) is 0 Å². The third-order valence-electron chi connectivity index (χ3n) is 5.50. The molecular weight excluding hydrogens is 394 g/mol. The zero-order valence-electron chi connectivity index (χ0n) is 17.3. The van der Waals surface area contributed by atoms with E-state index in [4.69, 9.17) is 0 Å². The Morgan fingerprint density at radius 1 is 1.06 bits per heavy atom. The lowest BCUT2D eigenvalue weighted by atomic mass is 9.96. The summed E-state index contributed by atoms with van der Waals surface area (Å²) in [6.45, 7) is 3.87. The van der Waals surface area contributed by atoms with E-state index in [0.29, 0.717) is 17.8 Å². The molecule has 0 bridgehead atoms. The van der Waals surface area contributed by atoms with Crippen LogP contribution in [0.25, 0.3) is 11.1 Å². The molecule has 0 saturated heterocycles. The summed E-state index contributed by atoms with van der Waals surface area (Å²) >= 11 is 0. The van der Waals surface area contributed by atoms with Crippen LogP contribution in [0.15, 0.2) is 77.2 Å². The number of benzene rings is 2. The second-order valence-electron chi connectivity index (χ2n) is 7.57. The molecule has 0 radical (unpaired) electrons. The molecular formula is C24H23N3O4. The first-order valence-electron chi connectivity index (χ1n) is 10.1. The van der Waals surface area contributed by atoms with E-state index >= 15 is 0 Å². The number of carbonyl (C=O) groups is 2. The molecule has 2 aliphatic heterocycles. The van der Waals surface area contributed by atoms with Crippen molar-refractivity contribution in [1.29, 1.82) is 0 Å². The quantitative estimate of drug-likeness (QED) is 0.730. The van der Waals surface area contributed by atoms with E-state index in [0.717, 1.165) is 28.8 Å². The van der Waals surface area contributed by atoms with Crippen LogP contribution in [-0.4, -0.2) is 44.0 Å². The highest BCUT2D eigenvalue weighted by Gasteiger charge is 2.38. The van der Waals surface area contributed by atoms with E-state index in [2.05, 4.69) is 4.99 Å². The SMILES string of the molecule is CCC1=NC2=CC(C)=CN(C(=O)O)N2C1Cc1ccc(-c2ccccc2C(=O)O)cc1. The smallest absolute Gasteiger partial charge is 0.430 e. The summed E-state index contributed by atoms with van der Waals surface area (Å²) in [5.41, 5.74) is 4.52. The predicted molar refractivity (Wildman–Crippen MR) is 118 cm³/mol. The standard InChI is InChI=1S/C24H23N3O4/c1-3-20-21(27-22(25-20)12-15(2)14-26(27)24(30)31)13-16-8-10-17(11-9-16)18-6-4-5-7-19(18)23(28)29/h4-12,14,21H,3,13H2,1-2H3,(H,28,29)(H,30,31). The van der Waals surface area contributed by atoms with Crippen LogP contribution in [0.4, 0.5) is 4.79 Å². The Balaban J connectivity index is 1.62. The molecule has 2 aromatic rings. The highest BCUT2D eigenvalue weighted by Crippen LogP contribution is 2.32. The van der Waals surface area contributed by atoms with Crippen molar-refractivity contribution in [3.63, 3.8) is 0 Å². The minimum atomic E-state index is -1.05. The number of allylic oxidation sites excluding steroid dienone is 2. The van der Waals surface area contributed by atoms with Crippen molar-refractivity contribution in [3.05, 3.63) is 83.3 Å². The van der Waals surface area contributed by atoms with E-state index in [-0.39, 0.29) is 11.6 Å². The number of hydrogen-bond donors (Lipinski definition) is 2. The summed E-state index contributed by atoms with van der Waals surface area (Å²) in [5, 5.41) is 22.1. The van der Waals surface area contributed by atoms with Gasteiger partial charge in [0.15, 0.2) is 0 Å². The molecule has 31 heavy (non-hydrogen) atoms. The summed E-state index contributed by atoms with van der Waals surface area (Å²) in [6, 6.07) is 14.4. The maximum Gasteiger partial charge on any atom is 0.430 e. The molecule has 1 atom stereocenters. The van der Waals surface area contributed by atoms with Crippen LogP contribution >= 0.6 is 0 Å². The molecule has 1 amide bonds. The van der Waals surface area contributed by atoms with Gasteiger partial charge in [-0.3, -0.25) is 0 Å². The zero-order valence-corrected chi connectivity index (χ0v) is 17.3. The van der Waals surface area contributed by atoms with E-state index in [1.807, 2.05) is 50.3 Å². The number of hydrazine groups is 1. The molecule has 2 aromatic carbocycles. The minimum absolute atomic E-state index is 0.200. The fourth-order valence-corrected chi connectivity index (χ4v) is 4.06. The van der Waals surface area contributed by atoms with E-state index in [9.17, 15) is 19.8 Å². The molecule has 0 saturated carbocycles. The Kier molecular flexibility index (Phi) is 5.33. The molecule has 1 unspecified atom stereocenters. The van der Waals surface area contributed by atoms with Crippen LogP contribution in [0.1, 0.15) is 36.2 Å². The number of aromatic carboxylic acids is 1. The Labute approximate surface area is 180 Å². The van der Waals surface area contributed by atoms with Crippen LogP contribution in [0.3, 0.4) is 0 Å². The second-order valence-corrected chi connectivity index (χ2v) is 7.57. The third kappa shape index (κ3) is 3.82. The van der Waals surface area contributed by atoms with Crippen LogP contribution < -0.4 is 0 Å². The average molecular weight is 417 g/mol. The van der Waals surface area contributed by atoms with Crippen molar-refractivity contribution in [2.45, 2.75) is 32.7 Å². The van der Waals surface area contributed by atoms with Gasteiger partial charge in [-0.15, -0.1) is 0 Å². The number of nitrogens with zero attached hydrogens (tertiary/aromatic N) is 3. The number of rotatable bonds is 5.